The number of nitrogens with two attached hydrogens (primary N) is 1. The van der Waals surface area contributed by atoms with Gasteiger partial charge < -0.3 is 11.1 Å². The lowest BCUT2D eigenvalue weighted by Gasteiger charge is -2.19. The Balaban J connectivity index is 3.36. The van der Waals surface area contributed by atoms with Crippen molar-refractivity contribution in [1.82, 2.24) is 5.32 Å². The molecule has 11 heavy (non-hydrogen) atoms. The van der Waals surface area contributed by atoms with Crippen molar-refractivity contribution in [2.75, 3.05) is 25.1 Å². The van der Waals surface area contributed by atoms with E-state index in [0.29, 0.717) is 12.0 Å². The molecule has 0 rings (SSSR count). The van der Waals surface area contributed by atoms with Crippen molar-refractivity contribution in [3.63, 3.8) is 0 Å². The summed E-state index contributed by atoms with van der Waals surface area (Å²) in [5.41, 5.74) is 5.59. The van der Waals surface area contributed by atoms with E-state index in [-0.39, 0.29) is 0 Å². The van der Waals surface area contributed by atoms with Crippen LogP contribution in [0.15, 0.2) is 0 Å². The molecule has 3 N–H and O–H groups in total. The van der Waals surface area contributed by atoms with Crippen molar-refractivity contribution in [3.8, 4) is 0 Å². The van der Waals surface area contributed by atoms with Crippen molar-refractivity contribution >= 4 is 11.8 Å². The van der Waals surface area contributed by atoms with Gasteiger partial charge >= 0.3 is 0 Å². The molecule has 0 saturated carbocycles. The summed E-state index contributed by atoms with van der Waals surface area (Å²) in [4.78, 5) is 0. The Bertz CT molecular complexity index is 86.2. The summed E-state index contributed by atoms with van der Waals surface area (Å²) in [6.07, 6.45) is 2.12. The van der Waals surface area contributed by atoms with Crippen LogP contribution in [0.2, 0.25) is 0 Å². The van der Waals surface area contributed by atoms with Gasteiger partial charge in [0.1, 0.15) is 0 Å². The van der Waals surface area contributed by atoms with Gasteiger partial charge in [0.15, 0.2) is 0 Å². The van der Waals surface area contributed by atoms with E-state index in [4.69, 9.17) is 5.73 Å². The number of rotatable bonds is 6. The molecule has 68 valence electrons. The third-order valence-electron chi connectivity index (χ3n) is 1.77. The quantitative estimate of drug-likeness (QED) is 0.591. The standard InChI is InChI=1S/C8H20N2S/c1-7(2)8(6-9)10-4-5-11-3/h7-8,10H,4-6,9H2,1-3H3. The number of hydrogen-bond donors (Lipinski definition) is 2. The minimum Gasteiger partial charge on any atom is -0.329 e. The van der Waals surface area contributed by atoms with Crippen LogP contribution in [0.25, 0.3) is 0 Å². The largest absolute Gasteiger partial charge is 0.329 e. The van der Waals surface area contributed by atoms with Crippen LogP contribution in [0, 0.1) is 5.92 Å². The maximum Gasteiger partial charge on any atom is 0.0213 e. The maximum atomic E-state index is 5.59. The molecule has 0 radical (unpaired) electrons. The second-order valence-electron chi connectivity index (χ2n) is 3.03. The first kappa shape index (κ1) is 11.3. The minimum atomic E-state index is 0.488. The van der Waals surface area contributed by atoms with E-state index in [0.717, 1.165) is 13.1 Å². The van der Waals surface area contributed by atoms with Gasteiger partial charge in [-0.05, 0) is 12.2 Å². The average Bonchev–Trinajstić information content (AvgIpc) is 1.97. The summed E-state index contributed by atoms with van der Waals surface area (Å²) in [5.74, 6) is 1.81. The Kier molecular flexibility index (Phi) is 7.12. The van der Waals surface area contributed by atoms with Gasteiger partial charge in [-0.1, -0.05) is 13.8 Å². The summed E-state index contributed by atoms with van der Waals surface area (Å²) >= 11 is 1.86. The smallest absolute Gasteiger partial charge is 0.0213 e. The van der Waals surface area contributed by atoms with Crippen LogP contribution < -0.4 is 11.1 Å². The Morgan fingerprint density at radius 2 is 2.09 bits per heavy atom. The fourth-order valence-electron chi connectivity index (χ4n) is 0.938. The molecule has 0 saturated heterocycles. The Labute approximate surface area is 74.3 Å². The van der Waals surface area contributed by atoms with Crippen molar-refractivity contribution in [3.05, 3.63) is 0 Å². The molecule has 2 nitrogen and oxygen atoms in total. The molecule has 1 unspecified atom stereocenters. The zero-order valence-corrected chi connectivity index (χ0v) is 8.58. The predicted octanol–water partition coefficient (Wildman–Crippen LogP) is 0.922. The van der Waals surface area contributed by atoms with Crippen LogP contribution in [-0.2, 0) is 0 Å². The first-order valence-corrected chi connectivity index (χ1v) is 5.54. The summed E-state index contributed by atoms with van der Waals surface area (Å²) in [6.45, 7) is 6.21. The summed E-state index contributed by atoms with van der Waals surface area (Å²) in [7, 11) is 0. The monoisotopic (exact) mass is 176 g/mol. The fourth-order valence-corrected chi connectivity index (χ4v) is 1.26. The van der Waals surface area contributed by atoms with Gasteiger partial charge in [0.2, 0.25) is 0 Å². The topological polar surface area (TPSA) is 38.0 Å². The molecular formula is C8H20N2S. The Hall–Kier alpha value is 0.270. The van der Waals surface area contributed by atoms with Gasteiger partial charge in [-0.15, -0.1) is 0 Å². The van der Waals surface area contributed by atoms with Crippen LogP contribution in [-0.4, -0.2) is 31.1 Å². The molecule has 0 spiro atoms. The van der Waals surface area contributed by atoms with Crippen molar-refractivity contribution in [1.29, 1.82) is 0 Å². The average molecular weight is 176 g/mol. The molecule has 0 fully saturated rings. The SMILES string of the molecule is CSCCNC(CN)C(C)C. The van der Waals surface area contributed by atoms with Crippen LogP contribution in [0.1, 0.15) is 13.8 Å². The third-order valence-corrected chi connectivity index (χ3v) is 2.38. The molecule has 0 aromatic carbocycles. The highest BCUT2D eigenvalue weighted by Gasteiger charge is 2.08. The molecule has 3 heteroatoms. The van der Waals surface area contributed by atoms with Gasteiger partial charge in [0.05, 0.1) is 0 Å². The number of thioether (sulfide) groups is 1. The second-order valence-corrected chi connectivity index (χ2v) is 4.02. The van der Waals surface area contributed by atoms with Crippen molar-refractivity contribution in [2.45, 2.75) is 19.9 Å². The lowest BCUT2D eigenvalue weighted by Crippen LogP contribution is -2.41. The zero-order valence-electron chi connectivity index (χ0n) is 7.76. The van der Waals surface area contributed by atoms with E-state index in [1.807, 2.05) is 11.8 Å². The normalized spacial score (nSPS) is 13.9. The molecule has 0 aliphatic carbocycles. The van der Waals surface area contributed by atoms with Crippen LogP contribution in [0.5, 0.6) is 0 Å². The maximum absolute atomic E-state index is 5.59. The highest BCUT2D eigenvalue weighted by molar-refractivity contribution is 7.98. The lowest BCUT2D eigenvalue weighted by molar-refractivity contribution is 0.416. The van der Waals surface area contributed by atoms with E-state index < -0.39 is 0 Å². The summed E-state index contributed by atoms with van der Waals surface area (Å²) in [6, 6.07) is 0.488. The van der Waals surface area contributed by atoms with Gasteiger partial charge in [0.25, 0.3) is 0 Å². The molecule has 0 aromatic heterocycles. The van der Waals surface area contributed by atoms with E-state index in [9.17, 15) is 0 Å². The van der Waals surface area contributed by atoms with Gasteiger partial charge in [-0.2, -0.15) is 11.8 Å². The molecule has 0 aliphatic rings. The third kappa shape index (κ3) is 5.53. The second kappa shape index (κ2) is 6.95. The highest BCUT2D eigenvalue weighted by Crippen LogP contribution is 1.99. The first-order valence-electron chi connectivity index (χ1n) is 4.14. The van der Waals surface area contributed by atoms with Crippen LogP contribution >= 0.6 is 11.8 Å². The van der Waals surface area contributed by atoms with E-state index in [1.165, 1.54) is 5.75 Å². The van der Waals surface area contributed by atoms with Crippen LogP contribution in [0.4, 0.5) is 0 Å². The molecule has 0 amide bonds. The fraction of sp³-hybridized carbons (Fsp3) is 1.00. The molecule has 0 heterocycles. The highest BCUT2D eigenvalue weighted by atomic mass is 32.2. The lowest BCUT2D eigenvalue weighted by atomic mass is 10.1. The molecule has 0 aliphatic heterocycles. The molecule has 0 aromatic rings. The number of hydrogen-bond acceptors (Lipinski definition) is 3. The van der Waals surface area contributed by atoms with E-state index in [2.05, 4.69) is 25.4 Å². The zero-order chi connectivity index (χ0) is 8.69. The summed E-state index contributed by atoms with van der Waals surface area (Å²) in [5, 5.41) is 3.42. The number of nitrogens with one attached hydrogen (secondary N) is 1. The Morgan fingerprint density at radius 1 is 1.45 bits per heavy atom. The van der Waals surface area contributed by atoms with Gasteiger partial charge in [-0.25, -0.2) is 0 Å². The first-order chi connectivity index (χ1) is 5.22. The molecular weight excluding hydrogens is 156 g/mol. The van der Waals surface area contributed by atoms with Gasteiger partial charge in [0, 0.05) is 24.9 Å². The van der Waals surface area contributed by atoms with Crippen molar-refractivity contribution < 1.29 is 0 Å². The van der Waals surface area contributed by atoms with Crippen molar-refractivity contribution in [2.24, 2.45) is 11.7 Å². The van der Waals surface area contributed by atoms with E-state index >= 15 is 0 Å². The molecule has 0 bridgehead atoms. The van der Waals surface area contributed by atoms with E-state index in [1.54, 1.807) is 0 Å². The molecule has 1 atom stereocenters. The minimum absolute atomic E-state index is 0.488. The predicted molar refractivity (Wildman–Crippen MR) is 54.1 cm³/mol. The summed E-state index contributed by atoms with van der Waals surface area (Å²) < 4.78 is 0. The van der Waals surface area contributed by atoms with Crippen LogP contribution in [0.3, 0.4) is 0 Å². The Morgan fingerprint density at radius 3 is 2.45 bits per heavy atom. The van der Waals surface area contributed by atoms with Gasteiger partial charge in [-0.3, -0.25) is 0 Å².